The zero-order valence-electron chi connectivity index (χ0n) is 11.8. The van der Waals surface area contributed by atoms with Crippen molar-refractivity contribution in [3.8, 4) is 0 Å². The molecule has 0 saturated carbocycles. The fourth-order valence-corrected chi connectivity index (χ4v) is 5.46. The van der Waals surface area contributed by atoms with E-state index in [-0.39, 0.29) is 0 Å². The molecule has 2 rings (SSSR count). The van der Waals surface area contributed by atoms with Crippen molar-refractivity contribution in [3.63, 3.8) is 0 Å². The Morgan fingerprint density at radius 1 is 1.18 bits per heavy atom. The van der Waals surface area contributed by atoms with Gasteiger partial charge in [0.05, 0.1) is 6.10 Å². The van der Waals surface area contributed by atoms with Crippen molar-refractivity contribution < 1.29 is 4.74 Å². The minimum atomic E-state index is 0.372. The second-order valence-corrected chi connectivity index (χ2v) is 8.01. The maximum atomic E-state index is 6.34. The van der Waals surface area contributed by atoms with Gasteiger partial charge in [0, 0.05) is 11.4 Å². The molecule has 0 aliphatic carbocycles. The molecule has 2 unspecified atom stereocenters. The smallest absolute Gasteiger partial charge is 0.0772 e. The SMILES string of the molecule is CCC[C@]1(C)CCCSC2(C)CCCCOC21. The fraction of sp³-hybridized carbons (Fsp3) is 1.00. The number of hydrogen-bond donors (Lipinski definition) is 0. The van der Waals surface area contributed by atoms with E-state index in [9.17, 15) is 0 Å². The summed E-state index contributed by atoms with van der Waals surface area (Å²) in [7, 11) is 0. The first-order valence-electron chi connectivity index (χ1n) is 7.36. The van der Waals surface area contributed by atoms with E-state index >= 15 is 0 Å². The molecule has 2 fully saturated rings. The maximum absolute atomic E-state index is 6.34. The Hall–Kier alpha value is 0.310. The molecule has 3 atom stereocenters. The van der Waals surface area contributed by atoms with E-state index in [1.54, 1.807) is 0 Å². The van der Waals surface area contributed by atoms with Crippen molar-refractivity contribution in [2.24, 2.45) is 5.41 Å². The molecule has 2 aliphatic heterocycles. The highest BCUT2D eigenvalue weighted by Gasteiger charge is 2.48. The van der Waals surface area contributed by atoms with Gasteiger partial charge in [0.1, 0.15) is 0 Å². The molecule has 2 aliphatic rings. The summed E-state index contributed by atoms with van der Waals surface area (Å²) in [6.07, 6.45) is 9.78. The topological polar surface area (TPSA) is 9.23 Å². The average molecular weight is 256 g/mol. The Morgan fingerprint density at radius 2 is 2.00 bits per heavy atom. The lowest BCUT2D eigenvalue weighted by atomic mass is 9.71. The number of rotatable bonds is 2. The largest absolute Gasteiger partial charge is 0.376 e. The second kappa shape index (κ2) is 5.52. The van der Waals surface area contributed by atoms with Crippen LogP contribution >= 0.6 is 11.8 Å². The van der Waals surface area contributed by atoms with Crippen LogP contribution in [0.5, 0.6) is 0 Å². The lowest BCUT2D eigenvalue weighted by Crippen LogP contribution is -2.47. The molecule has 0 bridgehead atoms. The van der Waals surface area contributed by atoms with E-state index in [4.69, 9.17) is 4.74 Å². The summed E-state index contributed by atoms with van der Waals surface area (Å²) in [6.45, 7) is 8.25. The van der Waals surface area contributed by atoms with Crippen molar-refractivity contribution in [1.82, 2.24) is 0 Å². The van der Waals surface area contributed by atoms with Gasteiger partial charge in [0.2, 0.25) is 0 Å². The minimum Gasteiger partial charge on any atom is -0.376 e. The summed E-state index contributed by atoms with van der Waals surface area (Å²) >= 11 is 2.19. The molecular formula is C15H28OS. The molecule has 17 heavy (non-hydrogen) atoms. The summed E-state index contributed by atoms with van der Waals surface area (Å²) < 4.78 is 6.71. The summed E-state index contributed by atoms with van der Waals surface area (Å²) in [4.78, 5) is 0. The molecule has 100 valence electrons. The lowest BCUT2D eigenvalue weighted by Gasteiger charge is -2.44. The lowest BCUT2D eigenvalue weighted by molar-refractivity contribution is -0.0522. The van der Waals surface area contributed by atoms with Crippen LogP contribution in [0.2, 0.25) is 0 Å². The van der Waals surface area contributed by atoms with Gasteiger partial charge in [-0.15, -0.1) is 0 Å². The van der Waals surface area contributed by atoms with Gasteiger partial charge in [-0.1, -0.05) is 20.3 Å². The van der Waals surface area contributed by atoms with E-state index in [0.717, 1.165) is 6.61 Å². The Balaban J connectivity index is 2.25. The molecule has 0 aromatic rings. The van der Waals surface area contributed by atoms with Gasteiger partial charge in [-0.3, -0.25) is 0 Å². The third-order valence-corrected chi connectivity index (χ3v) is 6.26. The second-order valence-electron chi connectivity index (χ2n) is 6.38. The van der Waals surface area contributed by atoms with Gasteiger partial charge in [-0.25, -0.2) is 0 Å². The van der Waals surface area contributed by atoms with Gasteiger partial charge in [0.25, 0.3) is 0 Å². The van der Waals surface area contributed by atoms with Crippen LogP contribution < -0.4 is 0 Å². The molecule has 0 N–H and O–H groups in total. The van der Waals surface area contributed by atoms with Crippen molar-refractivity contribution in [1.29, 1.82) is 0 Å². The predicted octanol–water partition coefficient (Wildman–Crippen LogP) is 4.65. The van der Waals surface area contributed by atoms with E-state index < -0.39 is 0 Å². The van der Waals surface area contributed by atoms with Crippen LogP contribution in [-0.2, 0) is 4.74 Å². The van der Waals surface area contributed by atoms with Crippen LogP contribution in [0, 0.1) is 5.41 Å². The quantitative estimate of drug-likeness (QED) is 0.711. The highest BCUT2D eigenvalue weighted by Crippen LogP contribution is 2.51. The average Bonchev–Trinajstić information content (AvgIpc) is 2.53. The summed E-state index contributed by atoms with van der Waals surface area (Å²) in [5, 5.41) is 0. The molecule has 1 nitrogen and oxygen atoms in total. The fourth-order valence-electron chi connectivity index (χ4n) is 3.91. The first-order chi connectivity index (χ1) is 8.11. The van der Waals surface area contributed by atoms with Crippen LogP contribution in [0.3, 0.4) is 0 Å². The van der Waals surface area contributed by atoms with E-state index in [1.165, 1.54) is 50.7 Å². The van der Waals surface area contributed by atoms with Crippen LogP contribution in [-0.4, -0.2) is 23.2 Å². The number of fused-ring (bicyclic) bond motifs is 1. The van der Waals surface area contributed by atoms with E-state index in [0.29, 0.717) is 16.3 Å². The van der Waals surface area contributed by atoms with Gasteiger partial charge >= 0.3 is 0 Å². The van der Waals surface area contributed by atoms with Gasteiger partial charge in [0.15, 0.2) is 0 Å². The molecule has 0 aromatic heterocycles. The Kier molecular flexibility index (Phi) is 4.46. The van der Waals surface area contributed by atoms with Crippen LogP contribution in [0.4, 0.5) is 0 Å². The van der Waals surface area contributed by atoms with Gasteiger partial charge in [-0.2, -0.15) is 11.8 Å². The monoisotopic (exact) mass is 256 g/mol. The first kappa shape index (κ1) is 13.7. The van der Waals surface area contributed by atoms with Crippen LogP contribution in [0.1, 0.15) is 65.7 Å². The Labute approximate surface area is 111 Å². The highest BCUT2D eigenvalue weighted by molar-refractivity contribution is 8.00. The zero-order chi connectivity index (χ0) is 12.4. The van der Waals surface area contributed by atoms with Gasteiger partial charge < -0.3 is 4.74 Å². The Morgan fingerprint density at radius 3 is 2.76 bits per heavy atom. The third kappa shape index (κ3) is 2.84. The highest BCUT2D eigenvalue weighted by atomic mass is 32.2. The molecule has 0 radical (unpaired) electrons. The van der Waals surface area contributed by atoms with Crippen molar-refractivity contribution in [2.45, 2.75) is 76.6 Å². The van der Waals surface area contributed by atoms with Crippen molar-refractivity contribution in [3.05, 3.63) is 0 Å². The number of ether oxygens (including phenoxy) is 1. The Bertz CT molecular complexity index is 251. The number of hydrogen-bond acceptors (Lipinski definition) is 2. The van der Waals surface area contributed by atoms with Crippen LogP contribution in [0.15, 0.2) is 0 Å². The summed E-state index contributed by atoms with van der Waals surface area (Å²) in [5.74, 6) is 1.33. The molecule has 2 heterocycles. The molecule has 2 saturated heterocycles. The molecular weight excluding hydrogens is 228 g/mol. The summed E-state index contributed by atoms with van der Waals surface area (Å²) in [6, 6.07) is 0. The van der Waals surface area contributed by atoms with E-state index in [1.807, 2.05) is 0 Å². The van der Waals surface area contributed by atoms with E-state index in [2.05, 4.69) is 32.5 Å². The van der Waals surface area contributed by atoms with Crippen molar-refractivity contribution in [2.75, 3.05) is 12.4 Å². The van der Waals surface area contributed by atoms with Crippen LogP contribution in [0.25, 0.3) is 0 Å². The molecule has 0 aromatic carbocycles. The zero-order valence-corrected chi connectivity index (χ0v) is 12.6. The van der Waals surface area contributed by atoms with Gasteiger partial charge in [-0.05, 0) is 56.6 Å². The first-order valence-corrected chi connectivity index (χ1v) is 8.35. The maximum Gasteiger partial charge on any atom is 0.0772 e. The minimum absolute atomic E-state index is 0.372. The summed E-state index contributed by atoms with van der Waals surface area (Å²) in [5.41, 5.74) is 0.414. The standard InChI is InChI=1S/C15H28OS/c1-4-8-14(2)9-7-12-17-15(3)10-5-6-11-16-13(14)15/h13H,4-12H2,1-3H3/t13?,14-,15?/m1/s1. The molecule has 0 spiro atoms. The normalized spacial score (nSPS) is 43.6. The van der Waals surface area contributed by atoms with Crippen molar-refractivity contribution >= 4 is 11.8 Å². The third-order valence-electron chi connectivity index (χ3n) is 4.68. The number of thioether (sulfide) groups is 1. The predicted molar refractivity (Wildman–Crippen MR) is 76.7 cm³/mol. The molecule has 0 amide bonds. The molecule has 2 heteroatoms.